The highest BCUT2D eigenvalue weighted by Crippen LogP contribution is 2.11. The number of esters is 1. The topological polar surface area (TPSA) is 73.2 Å². The number of nitrogens with one attached hydrogen (secondary N) is 1. The minimum absolute atomic E-state index is 0.260. The first-order valence-electron chi connectivity index (χ1n) is 9.18. The Morgan fingerprint density at radius 3 is 2.62 bits per heavy atom. The first kappa shape index (κ1) is 19.7. The fourth-order valence-electron chi connectivity index (χ4n) is 2.64. The highest BCUT2D eigenvalue weighted by Gasteiger charge is 2.12. The number of amides is 1. The van der Waals surface area contributed by atoms with Crippen LogP contribution >= 0.6 is 0 Å². The highest BCUT2D eigenvalue weighted by molar-refractivity contribution is 5.91. The zero-order valence-corrected chi connectivity index (χ0v) is 15.5. The molecule has 140 valence electrons. The second-order valence-electron chi connectivity index (χ2n) is 6.29. The Balaban J connectivity index is 1.76. The molecule has 0 spiro atoms. The summed E-state index contributed by atoms with van der Waals surface area (Å²) in [6, 6.07) is 8.71. The molecule has 1 N–H and O–H groups in total. The standard InChI is InChI=1S/C20H27N3O3/c1-3-5-7-16(4-2)14-21-19(24)15-26-20(25)17-8-10-18(11-9-17)23-13-6-12-22-23/h6,8-13,16H,3-5,7,14-15H2,1-2H3,(H,21,24)/t16-/m1/s1. The molecule has 2 aromatic rings. The lowest BCUT2D eigenvalue weighted by Crippen LogP contribution is -2.32. The molecular weight excluding hydrogens is 330 g/mol. The fraction of sp³-hybridized carbons (Fsp3) is 0.450. The lowest BCUT2D eigenvalue weighted by molar-refractivity contribution is -0.124. The zero-order valence-electron chi connectivity index (χ0n) is 15.5. The summed E-state index contributed by atoms with van der Waals surface area (Å²) in [5.41, 5.74) is 1.25. The summed E-state index contributed by atoms with van der Waals surface area (Å²) in [5, 5.41) is 6.98. The summed E-state index contributed by atoms with van der Waals surface area (Å²) in [4.78, 5) is 23.9. The Kier molecular flexibility index (Phi) is 7.86. The molecule has 0 aliphatic rings. The first-order valence-corrected chi connectivity index (χ1v) is 9.18. The van der Waals surface area contributed by atoms with Crippen molar-refractivity contribution in [3.63, 3.8) is 0 Å². The maximum atomic E-state index is 12.1. The molecule has 6 heteroatoms. The van der Waals surface area contributed by atoms with Crippen molar-refractivity contribution < 1.29 is 14.3 Å². The minimum Gasteiger partial charge on any atom is -0.452 e. The van der Waals surface area contributed by atoms with Crippen molar-refractivity contribution in [1.29, 1.82) is 0 Å². The van der Waals surface area contributed by atoms with Crippen molar-refractivity contribution in [3.8, 4) is 5.69 Å². The minimum atomic E-state index is -0.509. The first-order chi connectivity index (χ1) is 12.6. The molecule has 26 heavy (non-hydrogen) atoms. The molecule has 2 rings (SSSR count). The van der Waals surface area contributed by atoms with E-state index in [9.17, 15) is 9.59 Å². The second kappa shape index (κ2) is 10.4. The molecule has 1 heterocycles. The molecule has 6 nitrogen and oxygen atoms in total. The van der Waals surface area contributed by atoms with E-state index in [4.69, 9.17) is 4.74 Å². The van der Waals surface area contributed by atoms with Gasteiger partial charge in [0.05, 0.1) is 11.3 Å². The lowest BCUT2D eigenvalue weighted by Gasteiger charge is -2.15. The summed E-state index contributed by atoms with van der Waals surface area (Å²) in [6.07, 6.45) is 7.96. The number of benzene rings is 1. The van der Waals surface area contributed by atoms with Crippen LogP contribution in [0.3, 0.4) is 0 Å². The maximum Gasteiger partial charge on any atom is 0.338 e. The third kappa shape index (κ3) is 6.02. The Bertz CT molecular complexity index is 681. The van der Waals surface area contributed by atoms with E-state index in [1.54, 1.807) is 35.1 Å². The average molecular weight is 357 g/mol. The molecule has 0 radical (unpaired) electrons. The van der Waals surface area contributed by atoms with E-state index < -0.39 is 5.97 Å². The van der Waals surface area contributed by atoms with Crippen molar-refractivity contribution in [1.82, 2.24) is 15.1 Å². The SMILES string of the molecule is CCCC[C@@H](CC)CNC(=O)COC(=O)c1ccc(-n2cccn2)cc1. The van der Waals surface area contributed by atoms with Gasteiger partial charge >= 0.3 is 5.97 Å². The number of unbranched alkanes of at least 4 members (excludes halogenated alkanes) is 1. The van der Waals surface area contributed by atoms with Crippen molar-refractivity contribution >= 4 is 11.9 Å². The Labute approximate surface area is 154 Å². The van der Waals surface area contributed by atoms with Crippen LogP contribution in [-0.4, -0.2) is 34.8 Å². The van der Waals surface area contributed by atoms with Crippen LogP contribution in [0.25, 0.3) is 5.69 Å². The van der Waals surface area contributed by atoms with Crippen LogP contribution in [0, 0.1) is 5.92 Å². The normalized spacial score (nSPS) is 11.8. The molecule has 0 unspecified atom stereocenters. The number of hydrogen-bond donors (Lipinski definition) is 1. The van der Waals surface area contributed by atoms with Gasteiger partial charge in [-0.1, -0.05) is 33.1 Å². The van der Waals surface area contributed by atoms with Gasteiger partial charge in [0.2, 0.25) is 0 Å². The highest BCUT2D eigenvalue weighted by atomic mass is 16.5. The van der Waals surface area contributed by atoms with Crippen LogP contribution in [0.4, 0.5) is 0 Å². The summed E-state index contributed by atoms with van der Waals surface area (Å²) in [6.45, 7) is 4.65. The zero-order chi connectivity index (χ0) is 18.8. The number of carbonyl (C=O) groups excluding carboxylic acids is 2. The molecule has 1 atom stereocenters. The third-order valence-corrected chi connectivity index (χ3v) is 4.34. The van der Waals surface area contributed by atoms with Gasteiger partial charge in [-0.2, -0.15) is 5.10 Å². The Hall–Kier alpha value is -2.63. The second-order valence-corrected chi connectivity index (χ2v) is 6.29. The Morgan fingerprint density at radius 1 is 1.23 bits per heavy atom. The lowest BCUT2D eigenvalue weighted by atomic mass is 9.99. The molecule has 0 fully saturated rings. The van der Waals surface area contributed by atoms with Gasteiger partial charge in [-0.15, -0.1) is 0 Å². The van der Waals surface area contributed by atoms with E-state index in [2.05, 4.69) is 24.3 Å². The predicted octanol–water partition coefficient (Wildman–Crippen LogP) is 3.36. The average Bonchev–Trinajstić information content (AvgIpc) is 3.21. The van der Waals surface area contributed by atoms with Crippen LogP contribution in [-0.2, 0) is 9.53 Å². The van der Waals surface area contributed by atoms with Crippen LogP contribution in [0.15, 0.2) is 42.7 Å². The van der Waals surface area contributed by atoms with Gasteiger partial charge in [-0.3, -0.25) is 4.79 Å². The van der Waals surface area contributed by atoms with Crippen LogP contribution in [0.2, 0.25) is 0 Å². The molecule has 0 saturated carbocycles. The van der Waals surface area contributed by atoms with Crippen LogP contribution in [0.1, 0.15) is 49.9 Å². The van der Waals surface area contributed by atoms with E-state index in [0.717, 1.165) is 31.4 Å². The van der Waals surface area contributed by atoms with Gasteiger partial charge in [0, 0.05) is 18.9 Å². The van der Waals surface area contributed by atoms with Crippen molar-refractivity contribution in [2.24, 2.45) is 5.92 Å². The van der Waals surface area contributed by atoms with Gasteiger partial charge < -0.3 is 10.1 Å². The number of ether oxygens (including phenoxy) is 1. The summed E-state index contributed by atoms with van der Waals surface area (Å²) in [5.74, 6) is -0.295. The molecule has 0 aliphatic heterocycles. The van der Waals surface area contributed by atoms with Crippen molar-refractivity contribution in [2.45, 2.75) is 39.5 Å². The number of aromatic nitrogens is 2. The van der Waals surface area contributed by atoms with Gasteiger partial charge in [-0.25, -0.2) is 9.48 Å². The Morgan fingerprint density at radius 2 is 2.00 bits per heavy atom. The maximum absolute atomic E-state index is 12.1. The predicted molar refractivity (Wildman–Crippen MR) is 100 cm³/mol. The molecule has 1 aromatic carbocycles. The van der Waals surface area contributed by atoms with Crippen LogP contribution < -0.4 is 5.32 Å². The summed E-state index contributed by atoms with van der Waals surface area (Å²) in [7, 11) is 0. The quantitative estimate of drug-likeness (QED) is 0.662. The van der Waals surface area contributed by atoms with Crippen molar-refractivity contribution in [3.05, 3.63) is 48.3 Å². The molecule has 1 amide bonds. The van der Waals surface area contributed by atoms with Crippen LogP contribution in [0.5, 0.6) is 0 Å². The van der Waals surface area contributed by atoms with E-state index >= 15 is 0 Å². The third-order valence-electron chi connectivity index (χ3n) is 4.34. The molecule has 0 saturated heterocycles. The molecular formula is C20H27N3O3. The van der Waals surface area contributed by atoms with Gasteiger partial charge in [-0.05, 0) is 42.7 Å². The van der Waals surface area contributed by atoms with Gasteiger partial charge in [0.15, 0.2) is 6.61 Å². The summed E-state index contributed by atoms with van der Waals surface area (Å²) >= 11 is 0. The number of nitrogens with zero attached hydrogens (tertiary/aromatic N) is 2. The monoisotopic (exact) mass is 357 g/mol. The smallest absolute Gasteiger partial charge is 0.338 e. The largest absolute Gasteiger partial charge is 0.452 e. The van der Waals surface area contributed by atoms with E-state index in [1.165, 1.54) is 0 Å². The van der Waals surface area contributed by atoms with E-state index in [1.807, 2.05) is 12.3 Å². The molecule has 0 bridgehead atoms. The number of carbonyl (C=O) groups is 2. The number of rotatable bonds is 10. The van der Waals surface area contributed by atoms with E-state index in [0.29, 0.717) is 18.0 Å². The van der Waals surface area contributed by atoms with Gasteiger partial charge in [0.1, 0.15) is 0 Å². The summed E-state index contributed by atoms with van der Waals surface area (Å²) < 4.78 is 6.79. The van der Waals surface area contributed by atoms with Crippen molar-refractivity contribution in [2.75, 3.05) is 13.2 Å². The van der Waals surface area contributed by atoms with Gasteiger partial charge in [0.25, 0.3) is 5.91 Å². The van der Waals surface area contributed by atoms with E-state index in [-0.39, 0.29) is 12.5 Å². The molecule has 0 aliphatic carbocycles. The number of hydrogen-bond acceptors (Lipinski definition) is 4. The molecule has 1 aromatic heterocycles. The fourth-order valence-corrected chi connectivity index (χ4v) is 2.64.